The van der Waals surface area contributed by atoms with Gasteiger partial charge in [-0.1, -0.05) is 0 Å². The lowest BCUT2D eigenvalue weighted by atomic mass is 9.97. The molecule has 0 atom stereocenters. The quantitative estimate of drug-likeness (QED) is 0.852. The van der Waals surface area contributed by atoms with Crippen molar-refractivity contribution in [2.75, 3.05) is 0 Å². The van der Waals surface area contributed by atoms with Crippen molar-refractivity contribution in [1.29, 1.82) is 0 Å². The summed E-state index contributed by atoms with van der Waals surface area (Å²) in [7, 11) is 0. The average molecular weight is 221 g/mol. The zero-order valence-corrected chi connectivity index (χ0v) is 10.4. The van der Waals surface area contributed by atoms with Gasteiger partial charge in [-0.05, 0) is 52.5 Å². The monoisotopic (exact) mass is 221 g/mol. The van der Waals surface area contributed by atoms with E-state index in [1.165, 1.54) is 12.8 Å². The minimum Gasteiger partial charge on any atom is -0.478 e. The number of hydrogen-bond acceptors (Lipinski definition) is 1. The van der Waals surface area contributed by atoms with Crippen molar-refractivity contribution in [1.82, 2.24) is 4.57 Å². The first kappa shape index (κ1) is 11.2. The largest absolute Gasteiger partial charge is 0.478 e. The fourth-order valence-electron chi connectivity index (χ4n) is 2.84. The van der Waals surface area contributed by atoms with Gasteiger partial charge in [0.15, 0.2) is 0 Å². The Hall–Kier alpha value is -1.25. The molecule has 1 N–H and O–H groups in total. The number of rotatable bonds is 3. The second-order valence-electron chi connectivity index (χ2n) is 5.35. The highest BCUT2D eigenvalue weighted by Gasteiger charge is 2.40. The highest BCUT2D eigenvalue weighted by molar-refractivity contribution is 5.89. The third-order valence-corrected chi connectivity index (χ3v) is 3.81. The molecule has 0 unspecified atom stereocenters. The highest BCUT2D eigenvalue weighted by atomic mass is 16.4. The number of hydrogen-bond donors (Lipinski definition) is 1. The number of aryl methyl sites for hydroxylation is 1. The first-order chi connectivity index (χ1) is 7.35. The van der Waals surface area contributed by atoms with Crippen LogP contribution in [0.25, 0.3) is 0 Å². The molecule has 0 amide bonds. The van der Waals surface area contributed by atoms with Crippen LogP contribution < -0.4 is 0 Å². The number of aromatic carboxylic acids is 1. The zero-order valence-electron chi connectivity index (χ0n) is 10.4. The van der Waals surface area contributed by atoms with Crippen LogP contribution in [0.2, 0.25) is 0 Å². The summed E-state index contributed by atoms with van der Waals surface area (Å²) >= 11 is 0. The first-order valence-corrected chi connectivity index (χ1v) is 5.78. The first-order valence-electron chi connectivity index (χ1n) is 5.78. The molecule has 0 aromatic carbocycles. The standard InChI is InChI=1S/C13H19NO2/c1-8-7-11(12(15)16)9(2)14(8)13(3,4)10-5-6-10/h7,10H,5-6H2,1-4H3,(H,15,16). The fourth-order valence-corrected chi connectivity index (χ4v) is 2.84. The number of carbonyl (C=O) groups is 1. The molecule has 0 radical (unpaired) electrons. The van der Waals surface area contributed by atoms with Gasteiger partial charge in [0.1, 0.15) is 0 Å². The summed E-state index contributed by atoms with van der Waals surface area (Å²) < 4.78 is 2.19. The van der Waals surface area contributed by atoms with Crippen molar-refractivity contribution in [2.24, 2.45) is 5.92 Å². The molecule has 0 spiro atoms. The molecule has 16 heavy (non-hydrogen) atoms. The van der Waals surface area contributed by atoms with E-state index in [1.54, 1.807) is 6.07 Å². The lowest BCUT2D eigenvalue weighted by molar-refractivity contribution is 0.0695. The van der Waals surface area contributed by atoms with Crippen molar-refractivity contribution in [3.8, 4) is 0 Å². The van der Waals surface area contributed by atoms with Gasteiger partial charge in [-0.25, -0.2) is 4.79 Å². The van der Waals surface area contributed by atoms with Gasteiger partial charge in [0.05, 0.1) is 5.56 Å². The van der Waals surface area contributed by atoms with Gasteiger partial charge in [-0.15, -0.1) is 0 Å². The molecule has 2 rings (SSSR count). The summed E-state index contributed by atoms with van der Waals surface area (Å²) in [6.45, 7) is 8.30. The van der Waals surface area contributed by atoms with Crippen molar-refractivity contribution < 1.29 is 9.90 Å². The van der Waals surface area contributed by atoms with E-state index in [1.807, 2.05) is 13.8 Å². The number of carboxylic acids is 1. The van der Waals surface area contributed by atoms with E-state index in [4.69, 9.17) is 5.11 Å². The molecule has 3 heteroatoms. The average Bonchev–Trinajstić information content (AvgIpc) is 2.92. The molecule has 1 saturated carbocycles. The van der Waals surface area contributed by atoms with Crippen LogP contribution in [0.3, 0.4) is 0 Å². The molecule has 1 heterocycles. The SMILES string of the molecule is Cc1cc(C(=O)O)c(C)n1C(C)(C)C1CC1. The summed E-state index contributed by atoms with van der Waals surface area (Å²) in [5.41, 5.74) is 2.40. The molecule has 1 aliphatic rings. The van der Waals surface area contributed by atoms with Crippen LogP contribution in [0.5, 0.6) is 0 Å². The smallest absolute Gasteiger partial charge is 0.337 e. The third kappa shape index (κ3) is 1.55. The predicted molar refractivity (Wildman–Crippen MR) is 62.9 cm³/mol. The van der Waals surface area contributed by atoms with Crippen LogP contribution >= 0.6 is 0 Å². The molecule has 1 aliphatic carbocycles. The molecule has 0 aliphatic heterocycles. The summed E-state index contributed by atoms with van der Waals surface area (Å²) in [6.07, 6.45) is 2.51. The Balaban J connectivity index is 2.52. The molecule has 1 aromatic rings. The van der Waals surface area contributed by atoms with Gasteiger partial charge in [0.2, 0.25) is 0 Å². The Kier molecular flexibility index (Phi) is 2.37. The molecule has 1 fully saturated rings. The fraction of sp³-hybridized carbons (Fsp3) is 0.615. The van der Waals surface area contributed by atoms with Crippen molar-refractivity contribution in [2.45, 2.75) is 46.1 Å². The van der Waals surface area contributed by atoms with E-state index in [2.05, 4.69) is 18.4 Å². The zero-order chi connectivity index (χ0) is 12.1. The van der Waals surface area contributed by atoms with E-state index in [9.17, 15) is 4.79 Å². The van der Waals surface area contributed by atoms with E-state index in [0.29, 0.717) is 11.5 Å². The Morgan fingerprint density at radius 1 is 1.44 bits per heavy atom. The molecular weight excluding hydrogens is 202 g/mol. The van der Waals surface area contributed by atoms with Gasteiger partial charge in [-0.2, -0.15) is 0 Å². The summed E-state index contributed by atoms with van der Waals surface area (Å²) in [6, 6.07) is 1.78. The topological polar surface area (TPSA) is 42.2 Å². The minimum absolute atomic E-state index is 0.0435. The number of aromatic nitrogens is 1. The molecule has 0 saturated heterocycles. The predicted octanol–water partition coefficient (Wildman–Crippen LogP) is 2.95. The van der Waals surface area contributed by atoms with Crippen LogP contribution in [-0.4, -0.2) is 15.6 Å². The second-order valence-corrected chi connectivity index (χ2v) is 5.35. The van der Waals surface area contributed by atoms with E-state index in [0.717, 1.165) is 11.4 Å². The van der Waals surface area contributed by atoms with Gasteiger partial charge in [-0.3, -0.25) is 0 Å². The number of nitrogens with zero attached hydrogens (tertiary/aromatic N) is 1. The number of carboxylic acid groups (broad SMARTS) is 1. The van der Waals surface area contributed by atoms with E-state index < -0.39 is 5.97 Å². The van der Waals surface area contributed by atoms with E-state index >= 15 is 0 Å². The van der Waals surface area contributed by atoms with Crippen molar-refractivity contribution in [3.63, 3.8) is 0 Å². The van der Waals surface area contributed by atoms with E-state index in [-0.39, 0.29) is 5.54 Å². The third-order valence-electron chi connectivity index (χ3n) is 3.81. The van der Waals surface area contributed by atoms with Gasteiger partial charge >= 0.3 is 5.97 Å². The Morgan fingerprint density at radius 3 is 2.38 bits per heavy atom. The second kappa shape index (κ2) is 3.37. The maximum Gasteiger partial charge on any atom is 0.337 e. The summed E-state index contributed by atoms with van der Waals surface area (Å²) in [5.74, 6) is -0.134. The highest BCUT2D eigenvalue weighted by Crippen LogP contribution is 2.45. The van der Waals surface area contributed by atoms with Crippen LogP contribution in [0.4, 0.5) is 0 Å². The molecule has 88 valence electrons. The summed E-state index contributed by atoms with van der Waals surface area (Å²) in [5, 5.41) is 9.11. The minimum atomic E-state index is -0.828. The molecule has 1 aromatic heterocycles. The normalized spacial score (nSPS) is 16.5. The van der Waals surface area contributed by atoms with Gasteiger partial charge in [0, 0.05) is 16.9 Å². The maximum atomic E-state index is 11.1. The van der Waals surface area contributed by atoms with Crippen molar-refractivity contribution >= 4 is 5.97 Å². The van der Waals surface area contributed by atoms with Crippen LogP contribution in [0, 0.1) is 19.8 Å². The lowest BCUT2D eigenvalue weighted by Crippen LogP contribution is -2.30. The molecule has 0 bridgehead atoms. The maximum absolute atomic E-state index is 11.1. The molecule has 3 nitrogen and oxygen atoms in total. The van der Waals surface area contributed by atoms with Gasteiger partial charge < -0.3 is 9.67 Å². The van der Waals surface area contributed by atoms with Crippen LogP contribution in [-0.2, 0) is 5.54 Å². The van der Waals surface area contributed by atoms with Crippen molar-refractivity contribution in [3.05, 3.63) is 23.0 Å². The Bertz CT molecular complexity index is 439. The lowest BCUT2D eigenvalue weighted by Gasteiger charge is -2.30. The summed E-state index contributed by atoms with van der Waals surface area (Å²) in [4.78, 5) is 11.1. The Labute approximate surface area is 96.1 Å². The van der Waals surface area contributed by atoms with Crippen LogP contribution in [0.1, 0.15) is 48.4 Å². The Morgan fingerprint density at radius 2 is 2.00 bits per heavy atom. The van der Waals surface area contributed by atoms with Gasteiger partial charge in [0.25, 0.3) is 0 Å². The van der Waals surface area contributed by atoms with Crippen LogP contribution in [0.15, 0.2) is 6.07 Å². The molecular formula is C13H19NO2.